The molecule has 6 heteroatoms. The molecule has 0 spiro atoms. The quantitative estimate of drug-likeness (QED) is 0.907. The molecule has 1 aliphatic heterocycles. The van der Waals surface area contributed by atoms with Crippen molar-refractivity contribution >= 4 is 16.3 Å². The van der Waals surface area contributed by atoms with Gasteiger partial charge in [0.05, 0.1) is 5.69 Å². The summed E-state index contributed by atoms with van der Waals surface area (Å²) in [6.07, 6.45) is 6.01. The van der Waals surface area contributed by atoms with Crippen molar-refractivity contribution in [1.82, 2.24) is 14.3 Å². The third kappa shape index (κ3) is 2.77. The Kier molecular flexibility index (Phi) is 4.14. The van der Waals surface area contributed by atoms with Crippen LogP contribution in [0.25, 0.3) is 4.96 Å². The summed E-state index contributed by atoms with van der Waals surface area (Å²) in [7, 11) is 0. The standard InChI is InChI=1S/C14H19N3O2S/c18-7-2-4-12-3-1-5-16(12)10-11-9-13(19)17-6-8-20-14(17)15-11/h6,8-9,12,18H,1-5,7,10H2. The number of aromatic nitrogens is 2. The minimum atomic E-state index is -0.00245. The van der Waals surface area contributed by atoms with Crippen molar-refractivity contribution in [2.75, 3.05) is 13.2 Å². The molecule has 1 aliphatic rings. The SMILES string of the molecule is O=c1cc(CN2CCCC2CCCO)nc2sccn12. The van der Waals surface area contributed by atoms with Gasteiger partial charge in [-0.25, -0.2) is 4.98 Å². The number of fused-ring (bicyclic) bond motifs is 1. The van der Waals surface area contributed by atoms with Gasteiger partial charge in [0.15, 0.2) is 4.96 Å². The lowest BCUT2D eigenvalue weighted by atomic mass is 10.1. The summed E-state index contributed by atoms with van der Waals surface area (Å²) < 4.78 is 1.58. The van der Waals surface area contributed by atoms with Crippen LogP contribution in [0.5, 0.6) is 0 Å². The minimum Gasteiger partial charge on any atom is -0.396 e. The molecule has 0 bridgehead atoms. The summed E-state index contributed by atoms with van der Waals surface area (Å²) in [5.74, 6) is 0. The number of thiazole rings is 1. The molecule has 20 heavy (non-hydrogen) atoms. The zero-order valence-electron chi connectivity index (χ0n) is 11.4. The largest absolute Gasteiger partial charge is 0.396 e. The highest BCUT2D eigenvalue weighted by Gasteiger charge is 2.24. The van der Waals surface area contributed by atoms with E-state index < -0.39 is 0 Å². The van der Waals surface area contributed by atoms with Gasteiger partial charge < -0.3 is 5.11 Å². The number of hydrogen-bond acceptors (Lipinski definition) is 5. The monoisotopic (exact) mass is 293 g/mol. The molecule has 2 aromatic rings. The van der Waals surface area contributed by atoms with E-state index in [4.69, 9.17) is 5.11 Å². The molecule has 5 nitrogen and oxygen atoms in total. The van der Waals surface area contributed by atoms with Crippen LogP contribution in [0.3, 0.4) is 0 Å². The first-order valence-corrected chi connectivity index (χ1v) is 7.96. The molecule has 3 rings (SSSR count). The highest BCUT2D eigenvalue weighted by atomic mass is 32.1. The fraction of sp³-hybridized carbons (Fsp3) is 0.571. The fourth-order valence-corrected chi connectivity index (χ4v) is 3.67. The molecule has 1 fully saturated rings. The molecule has 3 heterocycles. The Morgan fingerprint density at radius 1 is 1.50 bits per heavy atom. The molecule has 1 atom stereocenters. The lowest BCUT2D eigenvalue weighted by molar-refractivity contribution is 0.208. The molecule has 0 amide bonds. The molecule has 0 aromatic carbocycles. The van der Waals surface area contributed by atoms with Crippen LogP contribution in [0.2, 0.25) is 0 Å². The first kappa shape index (κ1) is 13.7. The molecule has 0 radical (unpaired) electrons. The van der Waals surface area contributed by atoms with E-state index in [0.29, 0.717) is 6.04 Å². The van der Waals surface area contributed by atoms with E-state index in [0.717, 1.165) is 36.6 Å². The van der Waals surface area contributed by atoms with E-state index in [2.05, 4.69) is 9.88 Å². The predicted octanol–water partition coefficient (Wildman–Crippen LogP) is 1.49. The summed E-state index contributed by atoms with van der Waals surface area (Å²) in [4.78, 5) is 19.7. The molecule has 0 aliphatic carbocycles. The average Bonchev–Trinajstić information content (AvgIpc) is 3.05. The topological polar surface area (TPSA) is 57.8 Å². The second-order valence-corrected chi connectivity index (χ2v) is 6.15. The Morgan fingerprint density at radius 2 is 2.40 bits per heavy atom. The van der Waals surface area contributed by atoms with Gasteiger partial charge in [-0.1, -0.05) is 0 Å². The number of likely N-dealkylation sites (tertiary alicyclic amines) is 1. The summed E-state index contributed by atoms with van der Waals surface area (Å²) in [5.41, 5.74) is 0.853. The Morgan fingerprint density at radius 3 is 3.25 bits per heavy atom. The smallest absolute Gasteiger partial charge is 0.258 e. The third-order valence-electron chi connectivity index (χ3n) is 3.92. The van der Waals surface area contributed by atoms with E-state index >= 15 is 0 Å². The van der Waals surface area contributed by atoms with Gasteiger partial charge in [0.1, 0.15) is 0 Å². The molecule has 1 unspecified atom stereocenters. The maximum absolute atomic E-state index is 12.0. The van der Waals surface area contributed by atoms with Crippen molar-refractivity contribution in [3.63, 3.8) is 0 Å². The van der Waals surface area contributed by atoms with E-state index in [1.165, 1.54) is 24.2 Å². The van der Waals surface area contributed by atoms with E-state index in [1.54, 1.807) is 16.7 Å². The zero-order valence-corrected chi connectivity index (χ0v) is 12.2. The van der Waals surface area contributed by atoms with Gasteiger partial charge in [-0.15, -0.1) is 11.3 Å². The third-order valence-corrected chi connectivity index (χ3v) is 4.67. The number of nitrogens with zero attached hydrogens (tertiary/aromatic N) is 3. The van der Waals surface area contributed by atoms with Crippen molar-refractivity contribution in [3.8, 4) is 0 Å². The Hall–Kier alpha value is -1.24. The van der Waals surface area contributed by atoms with Crippen LogP contribution in [-0.4, -0.2) is 38.6 Å². The van der Waals surface area contributed by atoms with Crippen LogP contribution in [0.15, 0.2) is 22.4 Å². The van der Waals surface area contributed by atoms with Gasteiger partial charge in [0.25, 0.3) is 5.56 Å². The lowest BCUT2D eigenvalue weighted by Gasteiger charge is -2.23. The normalized spacial score (nSPS) is 19.9. The second kappa shape index (κ2) is 6.03. The molecular formula is C14H19N3O2S. The molecule has 1 saturated heterocycles. The van der Waals surface area contributed by atoms with Gasteiger partial charge in [-0.2, -0.15) is 0 Å². The lowest BCUT2D eigenvalue weighted by Crippen LogP contribution is -2.30. The van der Waals surface area contributed by atoms with E-state index in [1.807, 2.05) is 5.38 Å². The fourth-order valence-electron chi connectivity index (χ4n) is 2.93. The molecule has 2 aromatic heterocycles. The zero-order chi connectivity index (χ0) is 13.9. The number of aliphatic hydroxyl groups excluding tert-OH is 1. The van der Waals surface area contributed by atoms with Crippen molar-refractivity contribution in [3.05, 3.63) is 33.7 Å². The second-order valence-electron chi connectivity index (χ2n) is 5.27. The van der Waals surface area contributed by atoms with Crippen molar-refractivity contribution in [2.45, 2.75) is 38.3 Å². The van der Waals surface area contributed by atoms with Crippen molar-refractivity contribution in [2.24, 2.45) is 0 Å². The number of hydrogen-bond donors (Lipinski definition) is 1. The van der Waals surface area contributed by atoms with Crippen LogP contribution in [0.4, 0.5) is 0 Å². The summed E-state index contributed by atoms with van der Waals surface area (Å²) in [6.45, 7) is 2.05. The van der Waals surface area contributed by atoms with E-state index in [9.17, 15) is 4.79 Å². The van der Waals surface area contributed by atoms with Crippen LogP contribution < -0.4 is 5.56 Å². The van der Waals surface area contributed by atoms with Gasteiger partial charge in [-0.05, 0) is 32.2 Å². The Bertz CT molecular complexity index is 637. The average molecular weight is 293 g/mol. The van der Waals surface area contributed by atoms with Gasteiger partial charge in [0, 0.05) is 36.8 Å². The summed E-state index contributed by atoms with van der Waals surface area (Å²) in [5, 5.41) is 10.8. The maximum Gasteiger partial charge on any atom is 0.258 e. The molecule has 108 valence electrons. The van der Waals surface area contributed by atoms with Gasteiger partial charge >= 0.3 is 0 Å². The van der Waals surface area contributed by atoms with Gasteiger partial charge in [-0.3, -0.25) is 14.1 Å². The summed E-state index contributed by atoms with van der Waals surface area (Å²) in [6, 6.07) is 2.16. The summed E-state index contributed by atoms with van der Waals surface area (Å²) >= 11 is 1.49. The van der Waals surface area contributed by atoms with Crippen molar-refractivity contribution in [1.29, 1.82) is 0 Å². The Balaban J connectivity index is 1.76. The van der Waals surface area contributed by atoms with Crippen LogP contribution in [0, 0.1) is 0 Å². The highest BCUT2D eigenvalue weighted by molar-refractivity contribution is 7.15. The number of aliphatic hydroxyl groups is 1. The van der Waals surface area contributed by atoms with Crippen LogP contribution >= 0.6 is 11.3 Å². The highest BCUT2D eigenvalue weighted by Crippen LogP contribution is 2.23. The first-order chi connectivity index (χ1) is 9.78. The van der Waals surface area contributed by atoms with Crippen LogP contribution in [0.1, 0.15) is 31.4 Å². The van der Waals surface area contributed by atoms with Gasteiger partial charge in [0.2, 0.25) is 0 Å². The van der Waals surface area contributed by atoms with E-state index in [-0.39, 0.29) is 12.2 Å². The first-order valence-electron chi connectivity index (χ1n) is 7.08. The molecular weight excluding hydrogens is 274 g/mol. The maximum atomic E-state index is 12.0. The number of rotatable bonds is 5. The molecule has 1 N–H and O–H groups in total. The molecule has 0 saturated carbocycles. The van der Waals surface area contributed by atoms with Crippen molar-refractivity contribution < 1.29 is 5.11 Å². The van der Waals surface area contributed by atoms with Crippen LogP contribution in [-0.2, 0) is 6.54 Å². The minimum absolute atomic E-state index is 0.00245. The Labute approximate surface area is 121 Å². The predicted molar refractivity (Wildman–Crippen MR) is 79.1 cm³/mol.